The molecule has 1 unspecified atom stereocenters. The fraction of sp³-hybridized carbons (Fsp3) is 0.393. The van der Waals surface area contributed by atoms with Gasteiger partial charge in [0, 0.05) is 36.4 Å². The van der Waals surface area contributed by atoms with E-state index in [1.54, 1.807) is 45.4 Å². The number of phenols is 1. The Labute approximate surface area is 210 Å². The van der Waals surface area contributed by atoms with Gasteiger partial charge >= 0.3 is 5.97 Å². The van der Waals surface area contributed by atoms with Crippen LogP contribution in [0, 0.1) is 5.92 Å². The number of esters is 1. The van der Waals surface area contributed by atoms with Crippen LogP contribution in [-0.4, -0.2) is 57.1 Å². The van der Waals surface area contributed by atoms with Crippen molar-refractivity contribution in [1.82, 2.24) is 0 Å². The zero-order chi connectivity index (χ0) is 25.8. The first-order valence-corrected chi connectivity index (χ1v) is 11.9. The van der Waals surface area contributed by atoms with E-state index < -0.39 is 17.8 Å². The van der Waals surface area contributed by atoms with Gasteiger partial charge in [-0.15, -0.1) is 0 Å². The Hall–Kier alpha value is -3.65. The first kappa shape index (κ1) is 25.4. The molecule has 1 aliphatic heterocycles. The summed E-state index contributed by atoms with van der Waals surface area (Å²) in [6.45, 7) is 2.19. The smallest absolute Gasteiger partial charge is 0.315 e. The lowest BCUT2D eigenvalue weighted by Crippen LogP contribution is -2.38. The Morgan fingerprint density at radius 2 is 1.67 bits per heavy atom. The SMILES string of the molecule is COCCOC(=O)C1C(C)=NC2=C(C(=O)C[C@@H](c3ccc(OC)c(OC)c3)C2)[C@@H]1c1ccc(O)cc1. The van der Waals surface area contributed by atoms with Gasteiger partial charge in [-0.25, -0.2) is 0 Å². The molecule has 2 aromatic rings. The third-order valence-electron chi connectivity index (χ3n) is 6.81. The van der Waals surface area contributed by atoms with Crippen LogP contribution in [0.25, 0.3) is 0 Å². The molecule has 1 aliphatic carbocycles. The van der Waals surface area contributed by atoms with Crippen molar-refractivity contribution in [3.05, 3.63) is 64.9 Å². The van der Waals surface area contributed by atoms with Crippen LogP contribution in [0.1, 0.15) is 42.7 Å². The number of nitrogens with zero attached hydrogens (tertiary/aromatic N) is 1. The second-order valence-electron chi connectivity index (χ2n) is 8.96. The molecule has 0 radical (unpaired) electrons. The Bertz CT molecular complexity index is 1200. The number of carbonyl (C=O) groups is 2. The van der Waals surface area contributed by atoms with Gasteiger partial charge in [0.05, 0.1) is 20.8 Å². The Morgan fingerprint density at radius 1 is 0.972 bits per heavy atom. The molecule has 2 aromatic carbocycles. The molecule has 0 spiro atoms. The second kappa shape index (κ2) is 11.0. The number of phenolic OH excluding ortho intramolecular Hbond substituents is 1. The van der Waals surface area contributed by atoms with Crippen LogP contribution in [0.2, 0.25) is 0 Å². The number of ether oxygens (including phenoxy) is 4. The molecule has 0 aromatic heterocycles. The molecule has 36 heavy (non-hydrogen) atoms. The minimum absolute atomic E-state index is 0.0555. The van der Waals surface area contributed by atoms with Crippen LogP contribution in [0.4, 0.5) is 0 Å². The average molecular weight is 494 g/mol. The van der Waals surface area contributed by atoms with Gasteiger partial charge in [-0.3, -0.25) is 14.6 Å². The van der Waals surface area contributed by atoms with E-state index in [-0.39, 0.29) is 37.1 Å². The molecule has 1 heterocycles. The number of hydrogen-bond acceptors (Lipinski definition) is 8. The number of carbonyl (C=O) groups excluding carboxylic acids is 2. The van der Waals surface area contributed by atoms with Crippen molar-refractivity contribution in [2.45, 2.75) is 31.6 Å². The largest absolute Gasteiger partial charge is 0.508 e. The molecule has 0 bridgehead atoms. The highest BCUT2D eigenvalue weighted by atomic mass is 16.6. The van der Waals surface area contributed by atoms with Crippen LogP contribution in [0.5, 0.6) is 17.2 Å². The van der Waals surface area contributed by atoms with E-state index in [4.69, 9.17) is 23.9 Å². The van der Waals surface area contributed by atoms with E-state index >= 15 is 0 Å². The highest BCUT2D eigenvalue weighted by Crippen LogP contribution is 2.47. The third kappa shape index (κ3) is 4.99. The molecule has 8 nitrogen and oxygen atoms in total. The number of aliphatic imine (C=N–C) groups is 1. The summed E-state index contributed by atoms with van der Waals surface area (Å²) in [4.78, 5) is 31.6. The maximum atomic E-state index is 13.7. The molecule has 8 heteroatoms. The molecule has 0 saturated heterocycles. The molecule has 4 rings (SSSR count). The Morgan fingerprint density at radius 3 is 2.33 bits per heavy atom. The monoisotopic (exact) mass is 493 g/mol. The maximum absolute atomic E-state index is 13.7. The van der Waals surface area contributed by atoms with E-state index in [0.717, 1.165) is 11.1 Å². The predicted molar refractivity (Wildman–Crippen MR) is 134 cm³/mol. The fourth-order valence-corrected chi connectivity index (χ4v) is 5.06. The van der Waals surface area contributed by atoms with Crippen molar-refractivity contribution < 1.29 is 33.6 Å². The van der Waals surface area contributed by atoms with Gasteiger partial charge < -0.3 is 24.1 Å². The van der Waals surface area contributed by atoms with E-state index in [9.17, 15) is 14.7 Å². The summed E-state index contributed by atoms with van der Waals surface area (Å²) in [5.74, 6) is -0.551. The van der Waals surface area contributed by atoms with E-state index in [2.05, 4.69) is 0 Å². The third-order valence-corrected chi connectivity index (χ3v) is 6.81. The number of hydrogen-bond donors (Lipinski definition) is 1. The summed E-state index contributed by atoms with van der Waals surface area (Å²) in [7, 11) is 4.70. The molecular weight excluding hydrogens is 462 g/mol. The number of aromatic hydroxyl groups is 1. The first-order valence-electron chi connectivity index (χ1n) is 11.9. The van der Waals surface area contributed by atoms with Gasteiger partial charge in [0.1, 0.15) is 18.3 Å². The zero-order valence-corrected chi connectivity index (χ0v) is 20.9. The normalized spacial score (nSPS) is 21.5. The molecule has 0 fully saturated rings. The van der Waals surface area contributed by atoms with E-state index in [1.165, 1.54) is 7.11 Å². The minimum Gasteiger partial charge on any atom is -0.508 e. The highest BCUT2D eigenvalue weighted by Gasteiger charge is 2.44. The molecule has 3 atom stereocenters. The average Bonchev–Trinajstić information content (AvgIpc) is 2.87. The number of rotatable bonds is 8. The second-order valence-corrected chi connectivity index (χ2v) is 8.96. The number of methoxy groups -OCH3 is 3. The number of Topliss-reactive ketones (excluding diaryl/α,β-unsaturated/α-hetero) is 1. The van der Waals surface area contributed by atoms with Crippen molar-refractivity contribution in [3.8, 4) is 17.2 Å². The number of ketones is 1. The van der Waals surface area contributed by atoms with Crippen LogP contribution < -0.4 is 9.47 Å². The molecular formula is C28H31NO7. The number of benzene rings is 2. The van der Waals surface area contributed by atoms with Crippen LogP contribution in [0.3, 0.4) is 0 Å². The Balaban J connectivity index is 1.73. The quantitative estimate of drug-likeness (QED) is 0.435. The van der Waals surface area contributed by atoms with Crippen molar-refractivity contribution in [2.24, 2.45) is 10.9 Å². The van der Waals surface area contributed by atoms with Crippen molar-refractivity contribution in [1.29, 1.82) is 0 Å². The summed E-state index contributed by atoms with van der Waals surface area (Å²) in [6, 6.07) is 12.3. The maximum Gasteiger partial charge on any atom is 0.315 e. The van der Waals surface area contributed by atoms with Crippen LogP contribution >= 0.6 is 0 Å². The zero-order valence-electron chi connectivity index (χ0n) is 20.9. The predicted octanol–water partition coefficient (Wildman–Crippen LogP) is 4.17. The lowest BCUT2D eigenvalue weighted by Gasteiger charge is -2.36. The number of allylic oxidation sites excluding steroid dienone is 2. The molecule has 2 aliphatic rings. The van der Waals surface area contributed by atoms with Crippen molar-refractivity contribution >= 4 is 17.5 Å². The molecule has 190 valence electrons. The topological polar surface area (TPSA) is 104 Å². The molecule has 0 amide bonds. The van der Waals surface area contributed by atoms with Gasteiger partial charge in [0.2, 0.25) is 0 Å². The lowest BCUT2D eigenvalue weighted by molar-refractivity contribution is -0.147. The van der Waals surface area contributed by atoms with Crippen molar-refractivity contribution in [2.75, 3.05) is 34.5 Å². The standard InChI is InChI=1S/C28H31NO7/c1-16-25(28(32)36-12-11-33-2)26(17-5-8-20(30)9-6-17)27-21(29-16)13-19(14-22(27)31)18-7-10-23(34-3)24(15-18)35-4/h5-10,15,19,25-26,30H,11-14H2,1-4H3/t19-,25?,26+/m0/s1. The molecule has 1 N–H and O–H groups in total. The Kier molecular flexibility index (Phi) is 7.74. The van der Waals surface area contributed by atoms with E-state index in [0.29, 0.717) is 34.9 Å². The summed E-state index contributed by atoms with van der Waals surface area (Å²) in [5.41, 5.74) is 3.53. The van der Waals surface area contributed by atoms with Crippen LogP contribution in [-0.2, 0) is 19.1 Å². The van der Waals surface area contributed by atoms with E-state index in [1.807, 2.05) is 18.2 Å². The summed E-state index contributed by atoms with van der Waals surface area (Å²) >= 11 is 0. The van der Waals surface area contributed by atoms with Gasteiger partial charge in [-0.05, 0) is 54.7 Å². The van der Waals surface area contributed by atoms with Crippen LogP contribution in [0.15, 0.2) is 58.7 Å². The minimum atomic E-state index is -0.744. The highest BCUT2D eigenvalue weighted by molar-refractivity contribution is 6.09. The summed E-state index contributed by atoms with van der Waals surface area (Å²) < 4.78 is 21.3. The molecule has 0 saturated carbocycles. The first-order chi connectivity index (χ1) is 17.4. The lowest BCUT2D eigenvalue weighted by atomic mass is 9.69. The summed E-state index contributed by atoms with van der Waals surface area (Å²) in [5, 5.41) is 9.82. The van der Waals surface area contributed by atoms with Crippen molar-refractivity contribution in [3.63, 3.8) is 0 Å². The summed E-state index contributed by atoms with van der Waals surface area (Å²) in [6.07, 6.45) is 0.830. The van der Waals surface area contributed by atoms with Gasteiger partial charge in [-0.1, -0.05) is 18.2 Å². The fourth-order valence-electron chi connectivity index (χ4n) is 5.06. The van der Waals surface area contributed by atoms with Gasteiger partial charge in [0.15, 0.2) is 17.3 Å². The van der Waals surface area contributed by atoms with Gasteiger partial charge in [0.25, 0.3) is 0 Å². The van der Waals surface area contributed by atoms with Gasteiger partial charge in [-0.2, -0.15) is 0 Å².